The zero-order valence-corrected chi connectivity index (χ0v) is 13.9. The maximum Gasteiger partial charge on any atom is 0.312 e. The number of Topliss-reactive ketones (excluding diaryl/α,β-unsaturated/α-hetero) is 1. The number of para-hydroxylation sites is 1. The second-order valence-corrected chi connectivity index (χ2v) is 6.05. The van der Waals surface area contributed by atoms with Crippen molar-refractivity contribution in [1.82, 2.24) is 0 Å². The van der Waals surface area contributed by atoms with Gasteiger partial charge in [0.2, 0.25) is 11.7 Å². The molecule has 2 aromatic carbocycles. The number of amides is 1. The molecule has 5 nitrogen and oxygen atoms in total. The van der Waals surface area contributed by atoms with Crippen LogP contribution in [0, 0.1) is 5.92 Å². The van der Waals surface area contributed by atoms with Crippen molar-refractivity contribution in [1.29, 1.82) is 0 Å². The Morgan fingerprint density at radius 3 is 2.28 bits per heavy atom. The van der Waals surface area contributed by atoms with Gasteiger partial charge in [-0.05, 0) is 19.1 Å². The predicted octanol–water partition coefficient (Wildman–Crippen LogP) is 2.85. The fourth-order valence-corrected chi connectivity index (χ4v) is 2.88. The number of carbonyl (C=O) groups excluding carboxylic acids is 3. The van der Waals surface area contributed by atoms with Crippen LogP contribution in [0.25, 0.3) is 0 Å². The van der Waals surface area contributed by atoms with Crippen molar-refractivity contribution in [3.8, 4) is 0 Å². The van der Waals surface area contributed by atoms with E-state index in [2.05, 4.69) is 0 Å². The summed E-state index contributed by atoms with van der Waals surface area (Å²) in [7, 11) is 0. The van der Waals surface area contributed by atoms with Crippen LogP contribution in [0.4, 0.5) is 5.69 Å². The summed E-state index contributed by atoms with van der Waals surface area (Å²) in [6.45, 7) is 1.83. The first-order valence-electron chi connectivity index (χ1n) is 8.21. The van der Waals surface area contributed by atoms with Crippen LogP contribution in [0.1, 0.15) is 23.7 Å². The Morgan fingerprint density at radius 1 is 1.04 bits per heavy atom. The lowest BCUT2D eigenvalue weighted by atomic mass is 10.1. The summed E-state index contributed by atoms with van der Waals surface area (Å²) in [4.78, 5) is 38.4. The maximum absolute atomic E-state index is 12.4. The van der Waals surface area contributed by atoms with Gasteiger partial charge in [-0.1, -0.05) is 48.5 Å². The van der Waals surface area contributed by atoms with Crippen molar-refractivity contribution in [3.05, 3.63) is 66.2 Å². The molecule has 0 radical (unpaired) electrons. The average molecular weight is 337 g/mol. The highest BCUT2D eigenvalue weighted by molar-refractivity contribution is 6.02. The van der Waals surface area contributed by atoms with E-state index >= 15 is 0 Å². The van der Waals surface area contributed by atoms with Gasteiger partial charge in [-0.3, -0.25) is 14.4 Å². The van der Waals surface area contributed by atoms with E-state index in [4.69, 9.17) is 4.74 Å². The molecule has 0 spiro atoms. The van der Waals surface area contributed by atoms with Gasteiger partial charge in [0.1, 0.15) is 0 Å². The molecule has 0 saturated carbocycles. The third-order valence-electron chi connectivity index (χ3n) is 4.25. The number of ketones is 1. The highest BCUT2D eigenvalue weighted by atomic mass is 16.5. The molecule has 3 rings (SSSR count). The zero-order chi connectivity index (χ0) is 17.8. The largest absolute Gasteiger partial charge is 0.454 e. The summed E-state index contributed by atoms with van der Waals surface area (Å²) in [6, 6.07) is 17.9. The Morgan fingerprint density at radius 2 is 1.64 bits per heavy atom. The summed E-state index contributed by atoms with van der Waals surface area (Å²) in [5, 5.41) is 0. The Bertz CT molecular complexity index is 773. The van der Waals surface area contributed by atoms with E-state index in [1.807, 2.05) is 36.4 Å². The van der Waals surface area contributed by atoms with Gasteiger partial charge in [0.15, 0.2) is 6.10 Å². The Hall–Kier alpha value is -2.95. The number of rotatable bonds is 5. The Kier molecular flexibility index (Phi) is 4.93. The lowest BCUT2D eigenvalue weighted by molar-refractivity contribution is -0.151. The standard InChI is InChI=1S/C20H19NO4/c1-14(19(23)15-8-4-2-5-9-15)25-20(24)16-12-18(22)21(13-16)17-10-6-3-7-11-17/h2-11,14,16H,12-13H2,1H3/t14-,16+/m0/s1. The normalized spacial score (nSPS) is 18.0. The fourth-order valence-electron chi connectivity index (χ4n) is 2.88. The molecule has 0 unspecified atom stereocenters. The minimum Gasteiger partial charge on any atom is -0.454 e. The van der Waals surface area contributed by atoms with Crippen molar-refractivity contribution in [2.45, 2.75) is 19.4 Å². The van der Waals surface area contributed by atoms with Crippen LogP contribution in [-0.4, -0.2) is 30.3 Å². The van der Waals surface area contributed by atoms with E-state index in [1.54, 1.807) is 36.1 Å². The van der Waals surface area contributed by atoms with Crippen LogP contribution < -0.4 is 4.90 Å². The van der Waals surface area contributed by atoms with Gasteiger partial charge in [-0.15, -0.1) is 0 Å². The molecule has 1 heterocycles. The smallest absolute Gasteiger partial charge is 0.312 e. The van der Waals surface area contributed by atoms with Crippen LogP contribution >= 0.6 is 0 Å². The van der Waals surface area contributed by atoms with Gasteiger partial charge >= 0.3 is 5.97 Å². The summed E-state index contributed by atoms with van der Waals surface area (Å²) >= 11 is 0. The van der Waals surface area contributed by atoms with E-state index in [0.29, 0.717) is 5.56 Å². The van der Waals surface area contributed by atoms with E-state index in [9.17, 15) is 14.4 Å². The monoisotopic (exact) mass is 337 g/mol. The second kappa shape index (κ2) is 7.30. The molecule has 25 heavy (non-hydrogen) atoms. The van der Waals surface area contributed by atoms with Crippen molar-refractivity contribution >= 4 is 23.3 Å². The fraction of sp³-hybridized carbons (Fsp3) is 0.250. The van der Waals surface area contributed by atoms with Gasteiger partial charge in [-0.25, -0.2) is 0 Å². The van der Waals surface area contributed by atoms with Gasteiger partial charge in [-0.2, -0.15) is 0 Å². The van der Waals surface area contributed by atoms with Crippen molar-refractivity contribution in [2.75, 3.05) is 11.4 Å². The van der Waals surface area contributed by atoms with Crippen LogP contribution in [0.3, 0.4) is 0 Å². The van der Waals surface area contributed by atoms with Crippen LogP contribution in [0.15, 0.2) is 60.7 Å². The van der Waals surface area contributed by atoms with E-state index in [0.717, 1.165) is 5.69 Å². The third kappa shape index (κ3) is 3.76. The molecule has 0 N–H and O–H groups in total. The minimum absolute atomic E-state index is 0.0972. The quantitative estimate of drug-likeness (QED) is 0.622. The van der Waals surface area contributed by atoms with Crippen LogP contribution in [-0.2, 0) is 14.3 Å². The number of hydrogen-bond acceptors (Lipinski definition) is 4. The van der Waals surface area contributed by atoms with Crippen molar-refractivity contribution < 1.29 is 19.1 Å². The van der Waals surface area contributed by atoms with Gasteiger partial charge in [0.05, 0.1) is 5.92 Å². The third-order valence-corrected chi connectivity index (χ3v) is 4.25. The van der Waals surface area contributed by atoms with Crippen LogP contribution in [0.5, 0.6) is 0 Å². The molecule has 0 aliphatic carbocycles. The first kappa shape index (κ1) is 16.9. The SMILES string of the molecule is C[C@H](OC(=O)[C@@H]1CC(=O)N(c2ccccc2)C1)C(=O)c1ccccc1. The number of hydrogen-bond donors (Lipinski definition) is 0. The number of esters is 1. The molecule has 0 bridgehead atoms. The Labute approximate surface area is 146 Å². The lowest BCUT2D eigenvalue weighted by Crippen LogP contribution is -2.30. The first-order valence-corrected chi connectivity index (χ1v) is 8.21. The summed E-state index contributed by atoms with van der Waals surface area (Å²) in [5.41, 5.74) is 1.26. The molecule has 5 heteroatoms. The van der Waals surface area contributed by atoms with Gasteiger partial charge < -0.3 is 9.64 Å². The number of anilines is 1. The number of ether oxygens (including phenoxy) is 1. The summed E-state index contributed by atoms with van der Waals surface area (Å²) < 4.78 is 5.32. The molecule has 2 atom stereocenters. The molecule has 1 amide bonds. The summed E-state index contributed by atoms with van der Waals surface area (Å²) in [6.07, 6.45) is -0.782. The van der Waals surface area contributed by atoms with Gasteiger partial charge in [0, 0.05) is 24.2 Å². The molecular weight excluding hydrogens is 318 g/mol. The van der Waals surface area contributed by atoms with Crippen molar-refractivity contribution in [2.24, 2.45) is 5.92 Å². The van der Waals surface area contributed by atoms with E-state index in [1.165, 1.54) is 0 Å². The lowest BCUT2D eigenvalue weighted by Gasteiger charge is -2.17. The molecule has 0 aromatic heterocycles. The number of benzene rings is 2. The van der Waals surface area contributed by atoms with E-state index < -0.39 is 18.0 Å². The predicted molar refractivity (Wildman–Crippen MR) is 93.2 cm³/mol. The second-order valence-electron chi connectivity index (χ2n) is 6.05. The molecule has 1 aliphatic heterocycles. The van der Waals surface area contributed by atoms with Crippen LogP contribution in [0.2, 0.25) is 0 Å². The Balaban J connectivity index is 1.62. The highest BCUT2D eigenvalue weighted by Crippen LogP contribution is 2.26. The summed E-state index contributed by atoms with van der Waals surface area (Å²) in [5.74, 6) is -1.43. The van der Waals surface area contributed by atoms with Crippen molar-refractivity contribution in [3.63, 3.8) is 0 Å². The molecule has 1 fully saturated rings. The molecular formula is C20H19NO4. The highest BCUT2D eigenvalue weighted by Gasteiger charge is 2.37. The number of nitrogens with zero attached hydrogens (tertiary/aromatic N) is 1. The molecule has 2 aromatic rings. The maximum atomic E-state index is 12.4. The van der Waals surface area contributed by atoms with Gasteiger partial charge in [0.25, 0.3) is 0 Å². The topological polar surface area (TPSA) is 63.7 Å². The molecule has 1 aliphatic rings. The molecule has 1 saturated heterocycles. The minimum atomic E-state index is -0.879. The number of carbonyl (C=O) groups is 3. The van der Waals surface area contributed by atoms with E-state index in [-0.39, 0.29) is 24.7 Å². The molecule has 128 valence electrons. The zero-order valence-electron chi connectivity index (χ0n) is 13.9. The average Bonchev–Trinajstić information content (AvgIpc) is 3.04. The first-order chi connectivity index (χ1) is 12.1.